The molecule has 0 aliphatic carbocycles. The highest BCUT2D eigenvalue weighted by molar-refractivity contribution is 5.29. The Hall–Kier alpha value is -1.87. The number of hydrogen-bond acceptors (Lipinski definition) is 3. The molecule has 20 heavy (non-hydrogen) atoms. The molecule has 0 fully saturated rings. The number of benzene rings is 1. The monoisotopic (exact) mass is 270 g/mol. The van der Waals surface area contributed by atoms with E-state index >= 15 is 0 Å². The molecular formula is C17H22N2O. The van der Waals surface area contributed by atoms with Crippen molar-refractivity contribution < 1.29 is 4.74 Å². The van der Waals surface area contributed by atoms with Crippen molar-refractivity contribution in [3.05, 3.63) is 59.4 Å². The second kappa shape index (κ2) is 7.06. The van der Waals surface area contributed by atoms with Gasteiger partial charge in [0, 0.05) is 12.7 Å². The molecule has 1 aromatic heterocycles. The first-order chi connectivity index (χ1) is 9.69. The summed E-state index contributed by atoms with van der Waals surface area (Å²) in [5.74, 6) is 1.43. The minimum absolute atomic E-state index is 0.501. The van der Waals surface area contributed by atoms with E-state index in [1.54, 1.807) is 0 Å². The van der Waals surface area contributed by atoms with E-state index in [0.29, 0.717) is 12.5 Å². The Balaban J connectivity index is 1.91. The van der Waals surface area contributed by atoms with Gasteiger partial charge in [0.05, 0.1) is 5.69 Å². The molecule has 0 aliphatic heterocycles. The number of aromatic nitrogens is 1. The van der Waals surface area contributed by atoms with Gasteiger partial charge in [0.25, 0.3) is 0 Å². The van der Waals surface area contributed by atoms with Gasteiger partial charge < -0.3 is 10.1 Å². The molecule has 3 heteroatoms. The molecule has 1 N–H and O–H groups in total. The Bertz CT molecular complexity index is 518. The summed E-state index contributed by atoms with van der Waals surface area (Å²) in [6.07, 6.45) is 1.89. The topological polar surface area (TPSA) is 34.1 Å². The zero-order chi connectivity index (χ0) is 14.4. The van der Waals surface area contributed by atoms with E-state index < -0.39 is 0 Å². The molecule has 0 saturated carbocycles. The van der Waals surface area contributed by atoms with E-state index in [-0.39, 0.29) is 0 Å². The van der Waals surface area contributed by atoms with Crippen LogP contribution < -0.4 is 10.1 Å². The van der Waals surface area contributed by atoms with Crippen LogP contribution in [0.2, 0.25) is 0 Å². The molecule has 2 rings (SSSR count). The fourth-order valence-corrected chi connectivity index (χ4v) is 1.96. The van der Waals surface area contributed by atoms with Crippen LogP contribution in [0.1, 0.15) is 36.6 Å². The maximum Gasteiger partial charge on any atom is 0.130 e. The molecule has 106 valence electrons. The number of rotatable bonds is 6. The van der Waals surface area contributed by atoms with Crippen molar-refractivity contribution in [2.24, 2.45) is 0 Å². The Morgan fingerprint density at radius 3 is 2.40 bits per heavy atom. The summed E-state index contributed by atoms with van der Waals surface area (Å²) >= 11 is 0. The SMILES string of the molecule is CNCc1ccc(COc2ccc(C(C)C)cc2)nc1. The summed E-state index contributed by atoms with van der Waals surface area (Å²) in [5, 5.41) is 3.10. The lowest BCUT2D eigenvalue weighted by molar-refractivity contribution is 0.301. The summed E-state index contributed by atoms with van der Waals surface area (Å²) in [6.45, 7) is 5.71. The molecule has 0 radical (unpaired) electrons. The summed E-state index contributed by atoms with van der Waals surface area (Å²) < 4.78 is 5.75. The predicted molar refractivity (Wildman–Crippen MR) is 81.9 cm³/mol. The van der Waals surface area contributed by atoms with E-state index in [4.69, 9.17) is 4.74 Å². The van der Waals surface area contributed by atoms with Crippen molar-refractivity contribution in [1.29, 1.82) is 0 Å². The molecule has 3 nitrogen and oxygen atoms in total. The van der Waals surface area contributed by atoms with E-state index in [2.05, 4.69) is 42.3 Å². The predicted octanol–water partition coefficient (Wildman–Crippen LogP) is 3.50. The third-order valence-electron chi connectivity index (χ3n) is 3.20. The normalized spacial score (nSPS) is 10.8. The van der Waals surface area contributed by atoms with E-state index in [1.165, 1.54) is 11.1 Å². The van der Waals surface area contributed by atoms with Gasteiger partial charge in [-0.05, 0) is 42.3 Å². The van der Waals surface area contributed by atoms with Crippen LogP contribution in [0.3, 0.4) is 0 Å². The van der Waals surface area contributed by atoms with Crippen molar-refractivity contribution in [1.82, 2.24) is 10.3 Å². The largest absolute Gasteiger partial charge is 0.487 e. The second-order valence-electron chi connectivity index (χ2n) is 5.20. The zero-order valence-electron chi connectivity index (χ0n) is 12.4. The van der Waals surface area contributed by atoms with E-state index in [9.17, 15) is 0 Å². The third-order valence-corrected chi connectivity index (χ3v) is 3.20. The molecule has 1 aromatic carbocycles. The maximum absolute atomic E-state index is 5.75. The number of nitrogens with zero attached hydrogens (tertiary/aromatic N) is 1. The van der Waals surface area contributed by atoms with Crippen LogP contribution in [0.25, 0.3) is 0 Å². The van der Waals surface area contributed by atoms with Crippen LogP contribution in [0, 0.1) is 0 Å². The molecular weight excluding hydrogens is 248 g/mol. The van der Waals surface area contributed by atoms with Crippen molar-refractivity contribution in [2.45, 2.75) is 32.9 Å². The van der Waals surface area contributed by atoms with Gasteiger partial charge >= 0.3 is 0 Å². The highest BCUT2D eigenvalue weighted by atomic mass is 16.5. The van der Waals surface area contributed by atoms with E-state index in [1.807, 2.05) is 31.4 Å². The van der Waals surface area contributed by atoms with Crippen molar-refractivity contribution in [3.8, 4) is 5.75 Å². The number of nitrogens with one attached hydrogen (secondary N) is 1. The zero-order valence-corrected chi connectivity index (χ0v) is 12.4. The fourth-order valence-electron chi connectivity index (χ4n) is 1.96. The molecule has 1 heterocycles. The molecule has 0 spiro atoms. The smallest absolute Gasteiger partial charge is 0.130 e. The fraction of sp³-hybridized carbons (Fsp3) is 0.353. The van der Waals surface area contributed by atoms with Crippen LogP contribution in [0.15, 0.2) is 42.6 Å². The molecule has 2 aromatic rings. The lowest BCUT2D eigenvalue weighted by atomic mass is 10.0. The quantitative estimate of drug-likeness (QED) is 0.872. The van der Waals surface area contributed by atoms with Gasteiger partial charge in [-0.25, -0.2) is 0 Å². The van der Waals surface area contributed by atoms with Gasteiger partial charge in [0.15, 0.2) is 0 Å². The van der Waals surface area contributed by atoms with Gasteiger partial charge in [-0.15, -0.1) is 0 Å². The molecule has 0 unspecified atom stereocenters. The number of hydrogen-bond donors (Lipinski definition) is 1. The van der Waals surface area contributed by atoms with Crippen LogP contribution in [0.4, 0.5) is 0 Å². The van der Waals surface area contributed by atoms with Gasteiger partial charge in [0.1, 0.15) is 12.4 Å². The van der Waals surface area contributed by atoms with Crippen LogP contribution >= 0.6 is 0 Å². The Labute approximate surface area is 121 Å². The van der Waals surface area contributed by atoms with Crippen LogP contribution in [0.5, 0.6) is 5.75 Å². The van der Waals surface area contributed by atoms with Gasteiger partial charge in [-0.1, -0.05) is 32.0 Å². The highest BCUT2D eigenvalue weighted by Crippen LogP contribution is 2.19. The second-order valence-corrected chi connectivity index (χ2v) is 5.20. The van der Waals surface area contributed by atoms with Gasteiger partial charge in [0.2, 0.25) is 0 Å². The minimum Gasteiger partial charge on any atom is -0.487 e. The lowest BCUT2D eigenvalue weighted by Crippen LogP contribution is -2.06. The Morgan fingerprint density at radius 2 is 1.85 bits per heavy atom. The average Bonchev–Trinajstić information content (AvgIpc) is 2.47. The molecule has 0 aliphatic rings. The van der Waals surface area contributed by atoms with E-state index in [0.717, 1.165) is 18.0 Å². The first-order valence-electron chi connectivity index (χ1n) is 7.00. The third kappa shape index (κ3) is 4.07. The maximum atomic E-state index is 5.75. The van der Waals surface area contributed by atoms with Crippen molar-refractivity contribution >= 4 is 0 Å². The molecule has 0 amide bonds. The Morgan fingerprint density at radius 1 is 1.10 bits per heavy atom. The molecule has 0 saturated heterocycles. The number of ether oxygens (including phenoxy) is 1. The summed E-state index contributed by atoms with van der Waals surface area (Å²) in [7, 11) is 1.93. The van der Waals surface area contributed by atoms with Crippen LogP contribution in [-0.2, 0) is 13.2 Å². The Kier molecular flexibility index (Phi) is 5.13. The first-order valence-corrected chi connectivity index (χ1v) is 7.00. The lowest BCUT2D eigenvalue weighted by Gasteiger charge is -2.09. The summed E-state index contributed by atoms with van der Waals surface area (Å²) in [6, 6.07) is 12.3. The van der Waals surface area contributed by atoms with Crippen molar-refractivity contribution in [3.63, 3.8) is 0 Å². The molecule has 0 bridgehead atoms. The van der Waals surface area contributed by atoms with Gasteiger partial charge in [-0.3, -0.25) is 4.98 Å². The highest BCUT2D eigenvalue weighted by Gasteiger charge is 2.01. The summed E-state index contributed by atoms with van der Waals surface area (Å²) in [4.78, 5) is 4.39. The summed E-state index contributed by atoms with van der Waals surface area (Å²) in [5.41, 5.74) is 3.45. The standard InChI is InChI=1S/C17H22N2O/c1-13(2)15-5-8-17(9-6-15)20-12-16-7-4-14(10-18-3)11-19-16/h4-9,11,13,18H,10,12H2,1-3H3. The number of pyridine rings is 1. The molecule has 0 atom stereocenters. The first kappa shape index (κ1) is 14.5. The van der Waals surface area contributed by atoms with Gasteiger partial charge in [-0.2, -0.15) is 0 Å². The van der Waals surface area contributed by atoms with Crippen molar-refractivity contribution in [2.75, 3.05) is 7.05 Å². The minimum atomic E-state index is 0.501. The van der Waals surface area contributed by atoms with Crippen LogP contribution in [-0.4, -0.2) is 12.0 Å². The average molecular weight is 270 g/mol.